The monoisotopic (exact) mass is 266 g/mol. The molecule has 3 N–H and O–H groups in total. The number of hydrogen-bond donors (Lipinski definition) is 2. The number of rotatable bonds is 4. The lowest BCUT2D eigenvalue weighted by Crippen LogP contribution is -2.10. The van der Waals surface area contributed by atoms with E-state index >= 15 is 0 Å². The molecule has 0 aliphatic carbocycles. The minimum atomic E-state index is -0.470. The number of hydrogen-bond acceptors (Lipinski definition) is 2. The van der Waals surface area contributed by atoms with Gasteiger partial charge in [-0.05, 0) is 35.9 Å². The maximum Gasteiger partial charge on any atom is 0.248 e. The molecule has 0 bridgehead atoms. The van der Waals surface area contributed by atoms with Crippen LogP contribution in [-0.2, 0) is 4.79 Å². The van der Waals surface area contributed by atoms with Crippen molar-refractivity contribution in [1.82, 2.24) is 0 Å². The first-order chi connectivity index (χ1) is 9.65. The maximum absolute atomic E-state index is 11.7. The molecule has 0 aliphatic heterocycles. The van der Waals surface area contributed by atoms with Gasteiger partial charge >= 0.3 is 0 Å². The molecule has 0 aliphatic rings. The fourth-order valence-electron chi connectivity index (χ4n) is 1.64. The van der Waals surface area contributed by atoms with E-state index in [9.17, 15) is 9.59 Å². The minimum absolute atomic E-state index is 0.213. The number of nitrogens with one attached hydrogen (secondary N) is 1. The van der Waals surface area contributed by atoms with Crippen molar-refractivity contribution >= 4 is 23.6 Å². The largest absolute Gasteiger partial charge is 0.366 e. The lowest BCUT2D eigenvalue weighted by atomic mass is 10.1. The maximum atomic E-state index is 11.7. The van der Waals surface area contributed by atoms with Crippen molar-refractivity contribution in [3.63, 3.8) is 0 Å². The van der Waals surface area contributed by atoms with E-state index in [0.717, 1.165) is 11.3 Å². The second-order valence-corrected chi connectivity index (χ2v) is 4.17. The van der Waals surface area contributed by atoms with E-state index in [0.29, 0.717) is 5.56 Å². The molecule has 0 fully saturated rings. The van der Waals surface area contributed by atoms with E-state index in [1.807, 2.05) is 30.3 Å². The van der Waals surface area contributed by atoms with Crippen molar-refractivity contribution < 1.29 is 9.59 Å². The number of anilines is 1. The molecule has 2 aromatic carbocycles. The summed E-state index contributed by atoms with van der Waals surface area (Å²) < 4.78 is 0. The van der Waals surface area contributed by atoms with Crippen molar-refractivity contribution in [3.05, 3.63) is 71.8 Å². The van der Waals surface area contributed by atoms with Gasteiger partial charge in [0.1, 0.15) is 0 Å². The Morgan fingerprint density at radius 3 is 2.20 bits per heavy atom. The zero-order valence-corrected chi connectivity index (χ0v) is 10.7. The van der Waals surface area contributed by atoms with E-state index < -0.39 is 5.91 Å². The summed E-state index contributed by atoms with van der Waals surface area (Å²) in [6.07, 6.45) is 3.11. The van der Waals surface area contributed by atoms with Gasteiger partial charge in [-0.2, -0.15) is 0 Å². The molecule has 2 aromatic rings. The highest BCUT2D eigenvalue weighted by molar-refractivity contribution is 6.02. The first-order valence-corrected chi connectivity index (χ1v) is 6.09. The van der Waals surface area contributed by atoms with Gasteiger partial charge < -0.3 is 11.1 Å². The molecule has 0 saturated heterocycles. The van der Waals surface area contributed by atoms with Crippen molar-refractivity contribution in [1.29, 1.82) is 0 Å². The quantitative estimate of drug-likeness (QED) is 0.834. The third-order valence-corrected chi connectivity index (χ3v) is 2.66. The normalized spacial score (nSPS) is 10.4. The Bertz CT molecular complexity index is 631. The van der Waals surface area contributed by atoms with Crippen LogP contribution in [0.2, 0.25) is 0 Å². The Labute approximate surface area is 116 Å². The molecule has 0 unspecified atom stereocenters. The first kappa shape index (κ1) is 13.5. The Morgan fingerprint density at radius 1 is 0.950 bits per heavy atom. The molecule has 100 valence electrons. The van der Waals surface area contributed by atoms with Gasteiger partial charge in [-0.15, -0.1) is 0 Å². The highest BCUT2D eigenvalue weighted by Gasteiger charge is 1.99. The van der Waals surface area contributed by atoms with Crippen LogP contribution in [0.15, 0.2) is 60.7 Å². The number of carbonyl (C=O) groups excluding carboxylic acids is 2. The number of primary amides is 1. The zero-order chi connectivity index (χ0) is 14.4. The Morgan fingerprint density at radius 2 is 1.60 bits per heavy atom. The van der Waals surface area contributed by atoms with Crippen molar-refractivity contribution in [2.24, 2.45) is 5.73 Å². The highest BCUT2D eigenvalue weighted by Crippen LogP contribution is 2.07. The van der Waals surface area contributed by atoms with Crippen LogP contribution < -0.4 is 11.1 Å². The summed E-state index contributed by atoms with van der Waals surface area (Å²) in [6, 6.07) is 15.9. The molecule has 0 spiro atoms. The van der Waals surface area contributed by atoms with Crippen molar-refractivity contribution in [3.8, 4) is 0 Å². The van der Waals surface area contributed by atoms with Gasteiger partial charge in [0.15, 0.2) is 0 Å². The van der Waals surface area contributed by atoms with Crippen LogP contribution in [0.5, 0.6) is 0 Å². The van der Waals surface area contributed by atoms with Crippen molar-refractivity contribution in [2.45, 2.75) is 0 Å². The van der Waals surface area contributed by atoms with Gasteiger partial charge in [-0.3, -0.25) is 9.59 Å². The van der Waals surface area contributed by atoms with E-state index in [-0.39, 0.29) is 5.91 Å². The summed E-state index contributed by atoms with van der Waals surface area (Å²) in [5.41, 5.74) is 7.15. The summed E-state index contributed by atoms with van der Waals surface area (Å²) in [6.45, 7) is 0. The third kappa shape index (κ3) is 3.81. The second-order valence-electron chi connectivity index (χ2n) is 4.17. The Balaban J connectivity index is 1.98. The third-order valence-electron chi connectivity index (χ3n) is 2.66. The molecule has 0 aromatic heterocycles. The average molecular weight is 266 g/mol. The molecular formula is C16H14N2O2. The molecule has 2 rings (SSSR count). The van der Waals surface area contributed by atoms with Crippen LogP contribution in [-0.4, -0.2) is 11.8 Å². The smallest absolute Gasteiger partial charge is 0.248 e. The van der Waals surface area contributed by atoms with Crippen LogP contribution in [0.25, 0.3) is 6.08 Å². The van der Waals surface area contributed by atoms with Gasteiger partial charge in [0.2, 0.25) is 11.8 Å². The average Bonchev–Trinajstić information content (AvgIpc) is 2.46. The molecule has 0 saturated carbocycles. The van der Waals surface area contributed by atoms with Gasteiger partial charge in [0.05, 0.1) is 0 Å². The summed E-state index contributed by atoms with van der Waals surface area (Å²) in [4.78, 5) is 22.6. The van der Waals surface area contributed by atoms with E-state index in [4.69, 9.17) is 5.73 Å². The summed E-state index contributed by atoms with van der Waals surface area (Å²) >= 11 is 0. The summed E-state index contributed by atoms with van der Waals surface area (Å²) in [7, 11) is 0. The number of nitrogens with two attached hydrogens (primary N) is 1. The molecule has 4 heteroatoms. The fraction of sp³-hybridized carbons (Fsp3) is 0. The van der Waals surface area contributed by atoms with Gasteiger partial charge in [0.25, 0.3) is 0 Å². The molecule has 0 atom stereocenters. The van der Waals surface area contributed by atoms with Crippen LogP contribution in [0, 0.1) is 0 Å². The highest BCUT2D eigenvalue weighted by atomic mass is 16.1. The lowest BCUT2D eigenvalue weighted by Gasteiger charge is -2.00. The van der Waals surface area contributed by atoms with Gasteiger partial charge in [0, 0.05) is 17.3 Å². The van der Waals surface area contributed by atoms with Crippen LogP contribution in [0.1, 0.15) is 15.9 Å². The minimum Gasteiger partial charge on any atom is -0.366 e. The number of carbonyl (C=O) groups is 2. The Kier molecular flexibility index (Phi) is 4.29. The topological polar surface area (TPSA) is 72.2 Å². The summed E-state index contributed by atoms with van der Waals surface area (Å²) in [5.74, 6) is -0.683. The van der Waals surface area contributed by atoms with Crippen LogP contribution >= 0.6 is 0 Å². The van der Waals surface area contributed by atoms with E-state index in [1.165, 1.54) is 6.08 Å². The van der Waals surface area contributed by atoms with Crippen LogP contribution in [0.3, 0.4) is 0 Å². The lowest BCUT2D eigenvalue weighted by molar-refractivity contribution is -0.111. The van der Waals surface area contributed by atoms with Gasteiger partial charge in [-0.1, -0.05) is 30.3 Å². The molecule has 20 heavy (non-hydrogen) atoms. The van der Waals surface area contributed by atoms with E-state index in [2.05, 4.69) is 5.32 Å². The SMILES string of the molecule is NC(=O)c1ccc(C=CC(=O)Nc2ccccc2)cc1. The predicted molar refractivity (Wildman–Crippen MR) is 79.1 cm³/mol. The molecular weight excluding hydrogens is 252 g/mol. The molecule has 0 heterocycles. The summed E-state index contributed by atoms with van der Waals surface area (Å²) in [5, 5.41) is 2.74. The fourth-order valence-corrected chi connectivity index (χ4v) is 1.64. The van der Waals surface area contributed by atoms with Crippen molar-refractivity contribution in [2.75, 3.05) is 5.32 Å². The predicted octanol–water partition coefficient (Wildman–Crippen LogP) is 2.44. The molecule has 2 amide bonds. The number of benzene rings is 2. The molecule has 0 radical (unpaired) electrons. The number of amides is 2. The Hall–Kier alpha value is -2.88. The standard InChI is InChI=1S/C16H14N2O2/c17-16(20)13-9-6-12(7-10-13)8-11-15(19)18-14-4-2-1-3-5-14/h1-11H,(H2,17,20)(H,18,19). The van der Waals surface area contributed by atoms with Gasteiger partial charge in [-0.25, -0.2) is 0 Å². The zero-order valence-electron chi connectivity index (χ0n) is 10.7. The van der Waals surface area contributed by atoms with E-state index in [1.54, 1.807) is 30.3 Å². The first-order valence-electron chi connectivity index (χ1n) is 6.09. The van der Waals surface area contributed by atoms with Crippen LogP contribution in [0.4, 0.5) is 5.69 Å². The second kappa shape index (κ2) is 6.33. The molecule has 4 nitrogen and oxygen atoms in total. The number of para-hydroxylation sites is 1.